The SMILES string of the molecule is Clc1ncccc1CC1CCCNC1. The number of pyridine rings is 1. The third-order valence-electron chi connectivity index (χ3n) is 2.74. The number of nitrogens with one attached hydrogen (secondary N) is 1. The van der Waals surface area contributed by atoms with Crippen LogP contribution in [0.25, 0.3) is 0 Å². The van der Waals surface area contributed by atoms with Gasteiger partial charge in [-0.25, -0.2) is 4.98 Å². The van der Waals surface area contributed by atoms with Crippen molar-refractivity contribution < 1.29 is 0 Å². The topological polar surface area (TPSA) is 24.9 Å². The van der Waals surface area contributed by atoms with Gasteiger partial charge in [0, 0.05) is 6.20 Å². The highest BCUT2D eigenvalue weighted by molar-refractivity contribution is 6.30. The number of nitrogens with zero attached hydrogens (tertiary/aromatic N) is 1. The summed E-state index contributed by atoms with van der Waals surface area (Å²) in [6.45, 7) is 2.28. The molecule has 1 aromatic rings. The lowest BCUT2D eigenvalue weighted by molar-refractivity contribution is 0.376. The number of halogens is 1. The summed E-state index contributed by atoms with van der Waals surface area (Å²) in [7, 11) is 0. The fourth-order valence-corrected chi connectivity index (χ4v) is 2.18. The largest absolute Gasteiger partial charge is 0.316 e. The van der Waals surface area contributed by atoms with E-state index in [0.29, 0.717) is 5.15 Å². The number of piperidine rings is 1. The lowest BCUT2D eigenvalue weighted by atomic mass is 9.93. The summed E-state index contributed by atoms with van der Waals surface area (Å²) in [5.41, 5.74) is 1.18. The fraction of sp³-hybridized carbons (Fsp3) is 0.545. The molecule has 2 rings (SSSR count). The number of hydrogen-bond donors (Lipinski definition) is 1. The molecule has 14 heavy (non-hydrogen) atoms. The lowest BCUT2D eigenvalue weighted by Gasteiger charge is -2.22. The molecule has 0 aliphatic carbocycles. The Bertz CT molecular complexity index is 295. The van der Waals surface area contributed by atoms with Gasteiger partial charge in [0.2, 0.25) is 0 Å². The van der Waals surface area contributed by atoms with E-state index in [1.165, 1.54) is 18.4 Å². The van der Waals surface area contributed by atoms with Crippen LogP contribution in [0.3, 0.4) is 0 Å². The number of hydrogen-bond acceptors (Lipinski definition) is 2. The van der Waals surface area contributed by atoms with Gasteiger partial charge in [0.25, 0.3) is 0 Å². The second-order valence-corrected chi connectivity index (χ2v) is 4.23. The zero-order chi connectivity index (χ0) is 9.80. The molecule has 1 aliphatic rings. The van der Waals surface area contributed by atoms with Crippen LogP contribution in [0.4, 0.5) is 0 Å². The molecule has 0 aromatic carbocycles. The maximum Gasteiger partial charge on any atom is 0.132 e. The highest BCUT2D eigenvalue weighted by atomic mass is 35.5. The molecular formula is C11H15ClN2. The second kappa shape index (κ2) is 4.76. The smallest absolute Gasteiger partial charge is 0.132 e. The van der Waals surface area contributed by atoms with Crippen LogP contribution in [0.2, 0.25) is 5.15 Å². The summed E-state index contributed by atoms with van der Waals surface area (Å²) in [6, 6.07) is 4.03. The highest BCUT2D eigenvalue weighted by Gasteiger charge is 2.14. The van der Waals surface area contributed by atoms with Crippen molar-refractivity contribution in [1.29, 1.82) is 0 Å². The Labute approximate surface area is 89.7 Å². The second-order valence-electron chi connectivity index (χ2n) is 3.87. The molecule has 0 amide bonds. The minimum absolute atomic E-state index is 0.665. The van der Waals surface area contributed by atoms with Gasteiger partial charge in [-0.05, 0) is 49.9 Å². The van der Waals surface area contributed by atoms with Gasteiger partial charge in [-0.15, -0.1) is 0 Å². The Morgan fingerprint density at radius 3 is 3.21 bits per heavy atom. The van der Waals surface area contributed by atoms with Gasteiger partial charge in [-0.2, -0.15) is 0 Å². The maximum absolute atomic E-state index is 6.01. The summed E-state index contributed by atoms with van der Waals surface area (Å²) in [4.78, 5) is 4.09. The van der Waals surface area contributed by atoms with Gasteiger partial charge in [-0.1, -0.05) is 17.7 Å². The first-order valence-electron chi connectivity index (χ1n) is 5.16. The Morgan fingerprint density at radius 2 is 2.50 bits per heavy atom. The average molecular weight is 211 g/mol. The predicted molar refractivity (Wildman–Crippen MR) is 58.5 cm³/mol. The van der Waals surface area contributed by atoms with Crippen LogP contribution in [-0.4, -0.2) is 18.1 Å². The molecule has 3 heteroatoms. The molecule has 1 fully saturated rings. The van der Waals surface area contributed by atoms with E-state index in [1.807, 2.05) is 6.07 Å². The molecule has 1 unspecified atom stereocenters. The molecule has 1 atom stereocenters. The van der Waals surface area contributed by atoms with Crippen molar-refractivity contribution in [3.63, 3.8) is 0 Å². The van der Waals surface area contributed by atoms with Gasteiger partial charge >= 0.3 is 0 Å². The third-order valence-corrected chi connectivity index (χ3v) is 3.08. The first kappa shape index (κ1) is 9.94. The van der Waals surface area contributed by atoms with Gasteiger partial charge in [0.05, 0.1) is 0 Å². The maximum atomic E-state index is 6.01. The van der Waals surface area contributed by atoms with Crippen LogP contribution >= 0.6 is 11.6 Å². The van der Waals surface area contributed by atoms with Crippen molar-refractivity contribution in [2.45, 2.75) is 19.3 Å². The summed E-state index contributed by atoms with van der Waals surface area (Å²) in [5.74, 6) is 0.727. The molecule has 0 spiro atoms. The zero-order valence-electron chi connectivity index (χ0n) is 8.17. The van der Waals surface area contributed by atoms with Crippen LogP contribution in [-0.2, 0) is 6.42 Å². The van der Waals surface area contributed by atoms with Crippen molar-refractivity contribution in [2.24, 2.45) is 5.92 Å². The average Bonchev–Trinajstić information content (AvgIpc) is 2.23. The normalized spacial score (nSPS) is 22.2. The number of aromatic nitrogens is 1. The van der Waals surface area contributed by atoms with Crippen molar-refractivity contribution in [2.75, 3.05) is 13.1 Å². The minimum Gasteiger partial charge on any atom is -0.316 e. The first-order valence-corrected chi connectivity index (χ1v) is 5.54. The van der Waals surface area contributed by atoms with E-state index >= 15 is 0 Å². The van der Waals surface area contributed by atoms with Crippen LogP contribution in [0.1, 0.15) is 18.4 Å². The molecule has 1 N–H and O–H groups in total. The Kier molecular flexibility index (Phi) is 3.38. The monoisotopic (exact) mass is 210 g/mol. The van der Waals surface area contributed by atoms with Crippen LogP contribution in [0, 0.1) is 5.92 Å². The summed E-state index contributed by atoms with van der Waals surface area (Å²) in [6.07, 6.45) is 5.38. The standard InChI is InChI=1S/C11H15ClN2/c12-11-10(4-2-6-14-11)7-9-3-1-5-13-8-9/h2,4,6,9,13H,1,3,5,7-8H2. The third kappa shape index (κ3) is 2.46. The molecule has 0 radical (unpaired) electrons. The van der Waals surface area contributed by atoms with E-state index in [4.69, 9.17) is 11.6 Å². The molecular weight excluding hydrogens is 196 g/mol. The van der Waals surface area contributed by atoms with E-state index in [1.54, 1.807) is 6.20 Å². The molecule has 1 saturated heterocycles. The lowest BCUT2D eigenvalue weighted by Crippen LogP contribution is -2.30. The Hall–Kier alpha value is -0.600. The predicted octanol–water partition coefficient (Wildman–Crippen LogP) is 2.28. The molecule has 0 bridgehead atoms. The van der Waals surface area contributed by atoms with Crippen LogP contribution < -0.4 is 5.32 Å². The molecule has 2 heterocycles. The van der Waals surface area contributed by atoms with Crippen LogP contribution in [0.5, 0.6) is 0 Å². The van der Waals surface area contributed by atoms with Gasteiger partial charge < -0.3 is 5.32 Å². The van der Waals surface area contributed by atoms with Crippen molar-refractivity contribution in [1.82, 2.24) is 10.3 Å². The minimum atomic E-state index is 0.665. The van der Waals surface area contributed by atoms with Gasteiger partial charge in [-0.3, -0.25) is 0 Å². The molecule has 1 aromatic heterocycles. The summed E-state index contributed by atoms with van der Waals surface area (Å²) in [5, 5.41) is 4.08. The van der Waals surface area contributed by atoms with Crippen molar-refractivity contribution in [3.05, 3.63) is 29.0 Å². The molecule has 76 valence electrons. The summed E-state index contributed by atoms with van der Waals surface area (Å²) < 4.78 is 0. The van der Waals surface area contributed by atoms with E-state index in [9.17, 15) is 0 Å². The molecule has 1 aliphatic heterocycles. The van der Waals surface area contributed by atoms with E-state index in [-0.39, 0.29) is 0 Å². The highest BCUT2D eigenvalue weighted by Crippen LogP contribution is 2.20. The Morgan fingerprint density at radius 1 is 1.57 bits per heavy atom. The van der Waals surface area contributed by atoms with Gasteiger partial charge in [0.15, 0.2) is 0 Å². The number of rotatable bonds is 2. The first-order chi connectivity index (χ1) is 6.86. The zero-order valence-corrected chi connectivity index (χ0v) is 8.93. The quantitative estimate of drug-likeness (QED) is 0.758. The van der Waals surface area contributed by atoms with Crippen molar-refractivity contribution in [3.8, 4) is 0 Å². The van der Waals surface area contributed by atoms with E-state index in [2.05, 4.69) is 16.4 Å². The van der Waals surface area contributed by atoms with E-state index in [0.717, 1.165) is 25.4 Å². The Balaban J connectivity index is 1.99. The molecule has 0 saturated carbocycles. The summed E-state index contributed by atoms with van der Waals surface area (Å²) >= 11 is 6.01. The molecule has 2 nitrogen and oxygen atoms in total. The van der Waals surface area contributed by atoms with E-state index < -0.39 is 0 Å². The van der Waals surface area contributed by atoms with Crippen LogP contribution in [0.15, 0.2) is 18.3 Å². The fourth-order valence-electron chi connectivity index (χ4n) is 1.98. The van der Waals surface area contributed by atoms with Gasteiger partial charge in [0.1, 0.15) is 5.15 Å². The van der Waals surface area contributed by atoms with Crippen molar-refractivity contribution >= 4 is 11.6 Å².